The lowest BCUT2D eigenvalue weighted by Gasteiger charge is -2.40. The number of hydrogen-bond donors (Lipinski definition) is 3. The number of piperidine rings is 1. The molecule has 0 radical (unpaired) electrons. The van der Waals surface area contributed by atoms with Crippen LogP contribution in [0.5, 0.6) is 0 Å². The number of nitrogens with two attached hydrogens (primary N) is 1. The van der Waals surface area contributed by atoms with Gasteiger partial charge in [-0.2, -0.15) is 0 Å². The number of aliphatic hydroxyl groups excluding tert-OH is 1. The molecule has 6 heteroatoms. The van der Waals surface area contributed by atoms with Gasteiger partial charge in [0, 0.05) is 13.1 Å². The Hall–Kier alpha value is -1.30. The first-order valence-corrected chi connectivity index (χ1v) is 7.96. The summed E-state index contributed by atoms with van der Waals surface area (Å²) in [7, 11) is 0. The number of likely N-dealkylation sites (tertiary alicyclic amines) is 1. The van der Waals surface area contributed by atoms with E-state index in [1.807, 2.05) is 6.92 Å². The molecule has 0 spiro atoms. The van der Waals surface area contributed by atoms with E-state index >= 15 is 0 Å². The highest BCUT2D eigenvalue weighted by Crippen LogP contribution is 2.38. The average molecular weight is 297 g/mol. The third-order valence-electron chi connectivity index (χ3n) is 5.17. The minimum absolute atomic E-state index is 0.0301. The van der Waals surface area contributed by atoms with Crippen LogP contribution in [0.4, 0.5) is 0 Å². The molecule has 0 aromatic carbocycles. The van der Waals surface area contributed by atoms with Crippen molar-refractivity contribution in [3.05, 3.63) is 0 Å². The minimum Gasteiger partial charge on any atom is -0.409 e. The normalized spacial score (nSPS) is 30.8. The number of β-amino-alcohol motifs (C(OH)–C–C–N with tert-alkyl or cyclic N) is 1. The van der Waals surface area contributed by atoms with Crippen LogP contribution >= 0.6 is 0 Å². The smallest absolute Gasteiger partial charge is 0.236 e. The summed E-state index contributed by atoms with van der Waals surface area (Å²) in [6.07, 6.45) is 5.54. The van der Waals surface area contributed by atoms with Gasteiger partial charge in [-0.15, -0.1) is 0 Å². The van der Waals surface area contributed by atoms with Gasteiger partial charge in [-0.05, 0) is 25.2 Å². The maximum absolute atomic E-state index is 13.0. The summed E-state index contributed by atoms with van der Waals surface area (Å²) in [5, 5.41) is 22.3. The van der Waals surface area contributed by atoms with Gasteiger partial charge >= 0.3 is 0 Å². The first-order valence-electron chi connectivity index (χ1n) is 7.96. The largest absolute Gasteiger partial charge is 0.409 e. The number of carbonyl (C=O) groups excluding carboxylic acids is 1. The monoisotopic (exact) mass is 297 g/mol. The Morgan fingerprint density at radius 2 is 1.90 bits per heavy atom. The van der Waals surface area contributed by atoms with Crippen molar-refractivity contribution in [2.45, 2.75) is 58.0 Å². The lowest BCUT2D eigenvalue weighted by molar-refractivity contribution is -0.143. The van der Waals surface area contributed by atoms with E-state index < -0.39 is 11.5 Å². The maximum atomic E-state index is 13.0. The number of amides is 1. The lowest BCUT2D eigenvalue weighted by Crippen LogP contribution is -2.55. The zero-order valence-corrected chi connectivity index (χ0v) is 12.8. The topological polar surface area (TPSA) is 99.2 Å². The first-order chi connectivity index (χ1) is 10.0. The molecule has 2 fully saturated rings. The summed E-state index contributed by atoms with van der Waals surface area (Å²) in [5.41, 5.74) is 5.03. The van der Waals surface area contributed by atoms with Crippen LogP contribution in [0.15, 0.2) is 5.16 Å². The number of hydrogen-bond acceptors (Lipinski definition) is 4. The molecule has 2 aliphatic rings. The Labute approximate surface area is 126 Å². The van der Waals surface area contributed by atoms with Crippen molar-refractivity contribution in [1.82, 2.24) is 4.90 Å². The van der Waals surface area contributed by atoms with Gasteiger partial charge in [0.05, 0.1) is 6.10 Å². The molecule has 21 heavy (non-hydrogen) atoms. The van der Waals surface area contributed by atoms with Crippen LogP contribution in [-0.2, 0) is 4.79 Å². The molecule has 1 amide bonds. The molecule has 0 bridgehead atoms. The first kappa shape index (κ1) is 16.1. The fourth-order valence-electron chi connectivity index (χ4n) is 3.54. The van der Waals surface area contributed by atoms with Crippen molar-refractivity contribution in [3.8, 4) is 0 Å². The summed E-state index contributed by atoms with van der Waals surface area (Å²) in [4.78, 5) is 14.7. The summed E-state index contributed by atoms with van der Waals surface area (Å²) in [5.74, 6) is 0.163. The summed E-state index contributed by atoms with van der Waals surface area (Å²) < 4.78 is 0. The molecule has 4 N–H and O–H groups in total. The van der Waals surface area contributed by atoms with Gasteiger partial charge in [-0.1, -0.05) is 37.8 Å². The van der Waals surface area contributed by atoms with Gasteiger partial charge in [0.2, 0.25) is 5.91 Å². The Morgan fingerprint density at radius 3 is 2.43 bits per heavy atom. The predicted molar refractivity (Wildman–Crippen MR) is 79.9 cm³/mol. The van der Waals surface area contributed by atoms with Crippen molar-refractivity contribution < 1.29 is 15.1 Å². The van der Waals surface area contributed by atoms with Crippen LogP contribution in [0, 0.1) is 11.3 Å². The predicted octanol–water partition coefficient (Wildman–Crippen LogP) is 1.30. The zero-order chi connectivity index (χ0) is 15.5. The van der Waals surface area contributed by atoms with E-state index in [9.17, 15) is 9.90 Å². The quantitative estimate of drug-likeness (QED) is 0.235. The van der Waals surface area contributed by atoms with Crippen LogP contribution < -0.4 is 5.73 Å². The maximum Gasteiger partial charge on any atom is 0.236 e. The molecular weight excluding hydrogens is 270 g/mol. The summed E-state index contributed by atoms with van der Waals surface area (Å²) >= 11 is 0. The van der Waals surface area contributed by atoms with Gasteiger partial charge in [0.15, 0.2) is 5.84 Å². The highest BCUT2D eigenvalue weighted by atomic mass is 16.4. The van der Waals surface area contributed by atoms with Gasteiger partial charge < -0.3 is 20.9 Å². The van der Waals surface area contributed by atoms with Gasteiger partial charge in [-0.3, -0.25) is 4.79 Å². The molecule has 1 heterocycles. The van der Waals surface area contributed by atoms with E-state index in [2.05, 4.69) is 5.16 Å². The van der Waals surface area contributed by atoms with Gasteiger partial charge in [0.25, 0.3) is 0 Å². The van der Waals surface area contributed by atoms with Gasteiger partial charge in [0.1, 0.15) is 5.41 Å². The number of amidine groups is 1. The zero-order valence-electron chi connectivity index (χ0n) is 12.8. The van der Waals surface area contributed by atoms with E-state index in [0.717, 1.165) is 32.1 Å². The molecule has 120 valence electrons. The number of aliphatic hydroxyl groups is 1. The summed E-state index contributed by atoms with van der Waals surface area (Å²) in [6.45, 7) is 2.98. The molecule has 1 saturated carbocycles. The fourth-order valence-corrected chi connectivity index (χ4v) is 3.54. The summed E-state index contributed by atoms with van der Waals surface area (Å²) in [6, 6.07) is 0. The van der Waals surface area contributed by atoms with Crippen LogP contribution in [0.3, 0.4) is 0 Å². The number of rotatable bonds is 2. The molecule has 1 aliphatic carbocycles. The fraction of sp³-hybridized carbons (Fsp3) is 0.867. The molecular formula is C15H27N3O3. The Balaban J connectivity index is 2.22. The lowest BCUT2D eigenvalue weighted by atomic mass is 9.77. The molecule has 6 nitrogen and oxygen atoms in total. The van der Waals surface area contributed by atoms with E-state index in [1.54, 1.807) is 4.90 Å². The van der Waals surface area contributed by atoms with E-state index in [1.165, 1.54) is 0 Å². The third-order valence-corrected chi connectivity index (χ3v) is 5.17. The second-order valence-corrected chi connectivity index (χ2v) is 6.57. The van der Waals surface area contributed by atoms with Crippen molar-refractivity contribution in [2.75, 3.05) is 13.1 Å². The Morgan fingerprint density at radius 1 is 1.29 bits per heavy atom. The average Bonchev–Trinajstić information content (AvgIpc) is 2.75. The third kappa shape index (κ3) is 3.15. The highest BCUT2D eigenvalue weighted by Gasteiger charge is 2.46. The SMILES string of the molecule is CC1CCN(C(=O)C2(C(N)=NO)CCCCCC2)CC1O. The van der Waals surface area contributed by atoms with Crippen molar-refractivity contribution >= 4 is 11.7 Å². The molecule has 0 aromatic rings. The van der Waals surface area contributed by atoms with Crippen molar-refractivity contribution in [3.63, 3.8) is 0 Å². The van der Waals surface area contributed by atoms with Crippen LogP contribution in [0.2, 0.25) is 0 Å². The second-order valence-electron chi connectivity index (χ2n) is 6.57. The van der Waals surface area contributed by atoms with Crippen LogP contribution in [0.1, 0.15) is 51.9 Å². The van der Waals surface area contributed by atoms with Crippen molar-refractivity contribution in [2.24, 2.45) is 22.2 Å². The van der Waals surface area contributed by atoms with E-state index in [4.69, 9.17) is 10.9 Å². The molecule has 0 aromatic heterocycles. The van der Waals surface area contributed by atoms with Crippen LogP contribution in [0.25, 0.3) is 0 Å². The van der Waals surface area contributed by atoms with Crippen LogP contribution in [-0.4, -0.2) is 46.1 Å². The minimum atomic E-state index is -0.883. The molecule has 2 atom stereocenters. The number of oxime groups is 1. The Kier molecular flexibility index (Phi) is 5.08. The molecule has 1 saturated heterocycles. The molecule has 2 rings (SSSR count). The number of carbonyl (C=O) groups is 1. The Bertz CT molecular complexity index is 403. The standard InChI is InChI=1S/C15H27N3O3/c1-11-6-9-18(10-12(11)19)14(20)15(13(16)17-21)7-4-2-3-5-8-15/h11-12,19,21H,2-10H2,1H3,(H2,16,17). The van der Waals surface area contributed by atoms with E-state index in [-0.39, 0.29) is 17.7 Å². The van der Waals surface area contributed by atoms with Gasteiger partial charge in [-0.25, -0.2) is 0 Å². The van der Waals surface area contributed by atoms with E-state index in [0.29, 0.717) is 25.9 Å². The molecule has 1 aliphatic heterocycles. The molecule has 2 unspecified atom stereocenters. The second kappa shape index (κ2) is 6.64. The van der Waals surface area contributed by atoms with Crippen molar-refractivity contribution in [1.29, 1.82) is 0 Å². The number of nitrogens with zero attached hydrogens (tertiary/aromatic N) is 2. The highest BCUT2D eigenvalue weighted by molar-refractivity contribution is 6.06.